The predicted octanol–water partition coefficient (Wildman–Crippen LogP) is 3.17. The van der Waals surface area contributed by atoms with Gasteiger partial charge in [0.15, 0.2) is 5.65 Å². The molecule has 2 bridgehead atoms. The summed E-state index contributed by atoms with van der Waals surface area (Å²) in [5, 5.41) is 4.21. The van der Waals surface area contributed by atoms with E-state index in [4.69, 9.17) is 0 Å². The van der Waals surface area contributed by atoms with Crippen molar-refractivity contribution in [2.24, 2.45) is 11.8 Å². The van der Waals surface area contributed by atoms with E-state index in [-0.39, 0.29) is 0 Å². The summed E-state index contributed by atoms with van der Waals surface area (Å²) in [6.07, 6.45) is 8.77. The molecule has 2 aromatic heterocycles. The fraction of sp³-hybridized carbons (Fsp3) is 0.480. The van der Waals surface area contributed by atoms with Crippen LogP contribution in [0, 0.1) is 11.8 Å². The number of hydrogen-bond donors (Lipinski definition) is 0. The average molecular weight is 416 g/mol. The minimum absolute atomic E-state index is 0.318. The molecule has 3 aromatic rings. The van der Waals surface area contributed by atoms with Crippen LogP contribution in [0.1, 0.15) is 36.8 Å². The van der Waals surface area contributed by atoms with Crippen molar-refractivity contribution < 1.29 is 4.79 Å². The summed E-state index contributed by atoms with van der Waals surface area (Å²) in [5.74, 6) is 1.51. The molecule has 6 nitrogen and oxygen atoms in total. The second kappa shape index (κ2) is 7.75. The Bertz CT molecular complexity index is 1080. The van der Waals surface area contributed by atoms with Crippen molar-refractivity contribution in [3.63, 3.8) is 0 Å². The van der Waals surface area contributed by atoms with Gasteiger partial charge in [0, 0.05) is 44.3 Å². The van der Waals surface area contributed by atoms with E-state index in [0.717, 1.165) is 51.0 Å². The SMILES string of the molecule is O=C1CCC[C@H]2[C@@H]3C[C@@H](CN(Cc4ccn5ncnc5c4)C3)[C@H](Cc3ccccc3)N12. The van der Waals surface area contributed by atoms with E-state index in [2.05, 4.69) is 62.3 Å². The van der Waals surface area contributed by atoms with Crippen LogP contribution < -0.4 is 0 Å². The van der Waals surface area contributed by atoms with Crippen LogP contribution in [-0.2, 0) is 17.8 Å². The van der Waals surface area contributed by atoms with E-state index >= 15 is 0 Å². The van der Waals surface area contributed by atoms with Gasteiger partial charge in [0.1, 0.15) is 6.33 Å². The lowest BCUT2D eigenvalue weighted by atomic mass is 9.70. The largest absolute Gasteiger partial charge is 0.336 e. The van der Waals surface area contributed by atoms with E-state index in [1.165, 1.54) is 17.5 Å². The average Bonchev–Trinajstić information content (AvgIpc) is 3.25. The maximum atomic E-state index is 13.0. The first-order valence-corrected chi connectivity index (χ1v) is 11.6. The number of aromatic nitrogens is 3. The van der Waals surface area contributed by atoms with E-state index in [0.29, 0.717) is 29.8 Å². The topological polar surface area (TPSA) is 53.7 Å². The molecule has 3 aliphatic heterocycles. The Kier molecular flexibility index (Phi) is 4.75. The number of carbonyl (C=O) groups is 1. The maximum Gasteiger partial charge on any atom is 0.223 e. The molecule has 0 unspecified atom stereocenters. The van der Waals surface area contributed by atoms with Gasteiger partial charge in [-0.05, 0) is 60.8 Å². The van der Waals surface area contributed by atoms with Gasteiger partial charge in [-0.25, -0.2) is 9.50 Å². The number of carbonyl (C=O) groups excluding carboxylic acids is 1. The van der Waals surface area contributed by atoms with Gasteiger partial charge in [0.2, 0.25) is 5.91 Å². The standard InChI is InChI=1S/C25H29N5O/c31-25-8-4-7-22-20-13-21(23(30(22)25)11-18-5-2-1-3-6-18)16-28(15-20)14-19-9-10-29-24(12-19)26-17-27-29/h1-3,5-6,9-10,12,17,20-23H,4,7-8,11,13-16H2/t20-,21+,22+,23+/m1/s1. The van der Waals surface area contributed by atoms with Gasteiger partial charge >= 0.3 is 0 Å². The Balaban J connectivity index is 1.27. The number of likely N-dealkylation sites (tertiary alicyclic amines) is 1. The van der Waals surface area contributed by atoms with Crippen molar-refractivity contribution in [2.45, 2.75) is 50.7 Å². The van der Waals surface area contributed by atoms with Crippen molar-refractivity contribution in [1.29, 1.82) is 0 Å². The van der Waals surface area contributed by atoms with Gasteiger partial charge in [0.25, 0.3) is 0 Å². The molecule has 5 heterocycles. The quantitative estimate of drug-likeness (QED) is 0.657. The third-order valence-corrected chi connectivity index (χ3v) is 7.61. The second-order valence-electron chi connectivity index (χ2n) is 9.57. The van der Waals surface area contributed by atoms with Gasteiger partial charge in [0.05, 0.1) is 0 Å². The molecule has 6 rings (SSSR count). The van der Waals surface area contributed by atoms with Crippen LogP contribution in [0.5, 0.6) is 0 Å². The fourth-order valence-corrected chi connectivity index (χ4v) is 6.33. The van der Waals surface area contributed by atoms with E-state index < -0.39 is 0 Å². The molecule has 0 saturated carbocycles. The molecule has 0 N–H and O–H groups in total. The maximum absolute atomic E-state index is 13.0. The second-order valence-corrected chi connectivity index (χ2v) is 9.57. The van der Waals surface area contributed by atoms with Crippen molar-refractivity contribution in [1.82, 2.24) is 24.4 Å². The van der Waals surface area contributed by atoms with Crippen molar-refractivity contribution in [3.8, 4) is 0 Å². The normalized spacial score (nSPS) is 28.6. The molecular weight excluding hydrogens is 386 g/mol. The van der Waals surface area contributed by atoms with Gasteiger partial charge in [-0.1, -0.05) is 30.3 Å². The Labute approximate surface area is 182 Å². The number of amides is 1. The number of piperidine rings is 3. The summed E-state index contributed by atoms with van der Waals surface area (Å²) in [7, 11) is 0. The van der Waals surface area contributed by atoms with Crippen LogP contribution >= 0.6 is 0 Å². The summed E-state index contributed by atoms with van der Waals surface area (Å²) in [6, 6.07) is 15.8. The number of rotatable bonds is 4. The summed E-state index contributed by atoms with van der Waals surface area (Å²) in [4.78, 5) is 22.3. The molecule has 0 aliphatic carbocycles. The highest BCUT2D eigenvalue weighted by molar-refractivity contribution is 5.78. The first kappa shape index (κ1) is 19.0. The van der Waals surface area contributed by atoms with Crippen LogP contribution in [-0.4, -0.2) is 55.5 Å². The molecule has 0 radical (unpaired) electrons. The molecule has 3 fully saturated rings. The zero-order valence-corrected chi connectivity index (χ0v) is 17.8. The molecule has 31 heavy (non-hydrogen) atoms. The van der Waals surface area contributed by atoms with E-state index in [9.17, 15) is 4.79 Å². The van der Waals surface area contributed by atoms with Crippen LogP contribution in [0.4, 0.5) is 0 Å². The first-order valence-electron chi connectivity index (χ1n) is 11.6. The summed E-state index contributed by atoms with van der Waals surface area (Å²) in [6.45, 7) is 3.08. The number of benzene rings is 1. The fourth-order valence-electron chi connectivity index (χ4n) is 6.33. The third kappa shape index (κ3) is 3.53. The van der Waals surface area contributed by atoms with E-state index in [1.54, 1.807) is 6.33 Å². The number of fused-ring (bicyclic) bond motifs is 5. The lowest BCUT2D eigenvalue weighted by molar-refractivity contribution is -0.152. The highest BCUT2D eigenvalue weighted by Crippen LogP contribution is 2.42. The molecule has 3 saturated heterocycles. The van der Waals surface area contributed by atoms with Gasteiger partial charge < -0.3 is 4.90 Å². The van der Waals surface area contributed by atoms with Crippen LogP contribution in [0.2, 0.25) is 0 Å². The highest BCUT2D eigenvalue weighted by atomic mass is 16.2. The lowest BCUT2D eigenvalue weighted by Crippen LogP contribution is -2.65. The Morgan fingerprint density at radius 1 is 1.03 bits per heavy atom. The highest BCUT2D eigenvalue weighted by Gasteiger charge is 2.49. The minimum Gasteiger partial charge on any atom is -0.336 e. The smallest absolute Gasteiger partial charge is 0.223 e. The molecule has 3 aliphatic rings. The van der Waals surface area contributed by atoms with Crippen molar-refractivity contribution in [3.05, 3.63) is 66.1 Å². The summed E-state index contributed by atoms with van der Waals surface area (Å²) < 4.78 is 1.82. The first-order chi connectivity index (χ1) is 15.2. The molecule has 6 heteroatoms. The van der Waals surface area contributed by atoms with Gasteiger partial charge in [-0.3, -0.25) is 9.69 Å². The minimum atomic E-state index is 0.318. The van der Waals surface area contributed by atoms with Gasteiger partial charge in [-0.2, -0.15) is 5.10 Å². The van der Waals surface area contributed by atoms with Crippen LogP contribution in [0.25, 0.3) is 5.65 Å². The number of pyridine rings is 1. The van der Waals surface area contributed by atoms with Crippen molar-refractivity contribution in [2.75, 3.05) is 13.1 Å². The molecule has 1 aromatic carbocycles. The van der Waals surface area contributed by atoms with Crippen LogP contribution in [0.3, 0.4) is 0 Å². The van der Waals surface area contributed by atoms with Crippen LogP contribution in [0.15, 0.2) is 55.0 Å². The predicted molar refractivity (Wildman–Crippen MR) is 118 cm³/mol. The Morgan fingerprint density at radius 2 is 1.90 bits per heavy atom. The Morgan fingerprint density at radius 3 is 2.81 bits per heavy atom. The lowest BCUT2D eigenvalue weighted by Gasteiger charge is -2.57. The van der Waals surface area contributed by atoms with Crippen molar-refractivity contribution >= 4 is 11.6 Å². The monoisotopic (exact) mass is 415 g/mol. The summed E-state index contributed by atoms with van der Waals surface area (Å²) >= 11 is 0. The molecule has 0 spiro atoms. The Hall–Kier alpha value is -2.73. The number of nitrogens with zero attached hydrogens (tertiary/aromatic N) is 5. The molecular formula is C25H29N5O. The zero-order valence-electron chi connectivity index (χ0n) is 17.8. The van der Waals surface area contributed by atoms with E-state index in [1.807, 2.05) is 10.7 Å². The number of hydrogen-bond acceptors (Lipinski definition) is 4. The molecule has 4 atom stereocenters. The van der Waals surface area contributed by atoms with Gasteiger partial charge in [-0.15, -0.1) is 0 Å². The zero-order chi connectivity index (χ0) is 20.8. The summed E-state index contributed by atoms with van der Waals surface area (Å²) in [5.41, 5.74) is 3.54. The molecule has 1 amide bonds. The molecule has 160 valence electrons. The third-order valence-electron chi connectivity index (χ3n) is 7.61.